The molecule has 5 heteroatoms. The molecule has 142 valence electrons. The van der Waals surface area contributed by atoms with E-state index in [-0.39, 0.29) is 18.6 Å². The first-order chi connectivity index (χ1) is 13.2. The Morgan fingerprint density at radius 3 is 2.52 bits per heavy atom. The highest BCUT2D eigenvalue weighted by Crippen LogP contribution is 2.18. The number of hydrogen-bond acceptors (Lipinski definition) is 4. The zero-order valence-corrected chi connectivity index (χ0v) is 15.4. The molecule has 1 aliphatic carbocycles. The van der Waals surface area contributed by atoms with Crippen LogP contribution >= 0.6 is 0 Å². The van der Waals surface area contributed by atoms with Crippen molar-refractivity contribution in [2.24, 2.45) is 0 Å². The fraction of sp³-hybridized carbons (Fsp3) is 0.364. The average Bonchev–Trinajstić information content (AvgIpc) is 2.72. The summed E-state index contributed by atoms with van der Waals surface area (Å²) in [5, 5.41) is 2.93. The van der Waals surface area contributed by atoms with Crippen LogP contribution in [0.4, 0.5) is 0 Å². The number of hydrogen-bond donors (Lipinski definition) is 1. The predicted molar refractivity (Wildman–Crippen MR) is 103 cm³/mol. The molecule has 0 atom stereocenters. The molecule has 2 aromatic carbocycles. The Morgan fingerprint density at radius 2 is 1.74 bits per heavy atom. The average molecular weight is 367 g/mol. The van der Waals surface area contributed by atoms with E-state index in [9.17, 15) is 9.59 Å². The van der Waals surface area contributed by atoms with Crippen molar-refractivity contribution in [3.8, 4) is 5.75 Å². The lowest BCUT2D eigenvalue weighted by molar-refractivity contribution is -0.125. The maximum atomic E-state index is 12.2. The Bertz CT molecular complexity index is 754. The Labute approximate surface area is 159 Å². The zero-order chi connectivity index (χ0) is 18.9. The number of carbonyl (C=O) groups is 2. The zero-order valence-electron chi connectivity index (χ0n) is 15.4. The monoisotopic (exact) mass is 367 g/mol. The Morgan fingerprint density at radius 1 is 0.963 bits per heavy atom. The van der Waals surface area contributed by atoms with Gasteiger partial charge in [-0.25, -0.2) is 4.79 Å². The van der Waals surface area contributed by atoms with Crippen molar-refractivity contribution in [2.75, 3.05) is 6.61 Å². The number of amides is 1. The van der Waals surface area contributed by atoms with Crippen LogP contribution in [-0.2, 0) is 16.1 Å². The first kappa shape index (κ1) is 19.0. The van der Waals surface area contributed by atoms with Crippen molar-refractivity contribution >= 4 is 11.9 Å². The molecular weight excluding hydrogens is 342 g/mol. The third-order valence-corrected chi connectivity index (χ3v) is 4.62. The van der Waals surface area contributed by atoms with Crippen LogP contribution in [-0.4, -0.2) is 24.5 Å². The molecule has 5 nitrogen and oxygen atoms in total. The summed E-state index contributed by atoms with van der Waals surface area (Å²) in [5.74, 6) is -0.189. The summed E-state index contributed by atoms with van der Waals surface area (Å²) in [5.41, 5.74) is 1.41. The lowest BCUT2D eigenvalue weighted by Crippen LogP contribution is -2.38. The molecule has 0 aromatic heterocycles. The summed E-state index contributed by atoms with van der Waals surface area (Å²) in [6.45, 7) is 0.160. The molecule has 1 aliphatic rings. The van der Waals surface area contributed by atoms with Gasteiger partial charge in [-0.1, -0.05) is 55.7 Å². The van der Waals surface area contributed by atoms with Crippen LogP contribution in [0.2, 0.25) is 0 Å². The number of esters is 1. The van der Waals surface area contributed by atoms with E-state index in [1.54, 1.807) is 24.3 Å². The molecule has 0 heterocycles. The lowest BCUT2D eigenvalue weighted by atomic mass is 9.95. The van der Waals surface area contributed by atoms with Gasteiger partial charge in [0.2, 0.25) is 0 Å². The van der Waals surface area contributed by atoms with Gasteiger partial charge in [0.05, 0.1) is 5.56 Å². The van der Waals surface area contributed by atoms with Gasteiger partial charge in [-0.2, -0.15) is 0 Å². The standard InChI is InChI=1S/C22H25NO4/c24-21(23-19-11-5-2-6-12-19)16-27-22(25)18-10-7-13-20(14-18)26-15-17-8-3-1-4-9-17/h1,3-4,7-10,13-14,19H,2,5-6,11-12,15-16H2,(H,23,24). The van der Waals surface area contributed by atoms with E-state index in [4.69, 9.17) is 9.47 Å². The second kappa shape index (κ2) is 9.76. The van der Waals surface area contributed by atoms with E-state index in [1.807, 2.05) is 30.3 Å². The molecule has 0 saturated heterocycles. The van der Waals surface area contributed by atoms with Crippen LogP contribution in [0.15, 0.2) is 54.6 Å². The SMILES string of the molecule is O=C(COC(=O)c1cccc(OCc2ccccc2)c1)NC1CCCCC1. The first-order valence-electron chi connectivity index (χ1n) is 9.44. The molecule has 0 spiro atoms. The third-order valence-electron chi connectivity index (χ3n) is 4.62. The van der Waals surface area contributed by atoms with Crippen LogP contribution in [0.5, 0.6) is 5.75 Å². The number of carbonyl (C=O) groups excluding carboxylic acids is 2. The molecule has 0 unspecified atom stereocenters. The lowest BCUT2D eigenvalue weighted by Gasteiger charge is -2.22. The quantitative estimate of drug-likeness (QED) is 0.755. The van der Waals surface area contributed by atoms with Crippen molar-refractivity contribution in [1.29, 1.82) is 0 Å². The van der Waals surface area contributed by atoms with Crippen molar-refractivity contribution in [3.05, 3.63) is 65.7 Å². The van der Waals surface area contributed by atoms with Crippen LogP contribution in [0, 0.1) is 0 Å². The van der Waals surface area contributed by atoms with Gasteiger partial charge in [-0.15, -0.1) is 0 Å². The van der Waals surface area contributed by atoms with Gasteiger partial charge in [0.15, 0.2) is 6.61 Å². The van der Waals surface area contributed by atoms with Crippen LogP contribution < -0.4 is 10.1 Å². The highest BCUT2D eigenvalue weighted by molar-refractivity contribution is 5.91. The summed E-state index contributed by atoms with van der Waals surface area (Å²) >= 11 is 0. The fourth-order valence-corrected chi connectivity index (χ4v) is 3.18. The Hall–Kier alpha value is -2.82. The molecule has 0 aliphatic heterocycles. The number of ether oxygens (including phenoxy) is 2. The van der Waals surface area contributed by atoms with Gasteiger partial charge in [0.25, 0.3) is 5.91 Å². The van der Waals surface area contributed by atoms with Gasteiger partial charge in [0, 0.05) is 6.04 Å². The second-order valence-corrected chi connectivity index (χ2v) is 6.78. The van der Waals surface area contributed by atoms with E-state index in [1.165, 1.54) is 6.42 Å². The maximum Gasteiger partial charge on any atom is 0.338 e. The van der Waals surface area contributed by atoms with E-state index < -0.39 is 5.97 Å². The van der Waals surface area contributed by atoms with E-state index in [0.29, 0.717) is 17.9 Å². The van der Waals surface area contributed by atoms with Crippen LogP contribution in [0.1, 0.15) is 48.0 Å². The van der Waals surface area contributed by atoms with Gasteiger partial charge in [0.1, 0.15) is 12.4 Å². The van der Waals surface area contributed by atoms with Crippen molar-refractivity contribution in [2.45, 2.75) is 44.8 Å². The molecule has 2 aromatic rings. The normalized spacial score (nSPS) is 14.4. The molecule has 0 radical (unpaired) electrons. The number of benzene rings is 2. The highest BCUT2D eigenvalue weighted by atomic mass is 16.5. The molecule has 1 amide bonds. The smallest absolute Gasteiger partial charge is 0.338 e. The Kier molecular flexibility index (Phi) is 6.85. The topological polar surface area (TPSA) is 64.6 Å². The molecule has 1 fully saturated rings. The summed E-state index contributed by atoms with van der Waals surface area (Å²) < 4.78 is 10.9. The minimum absolute atomic E-state index is 0.208. The molecule has 0 bridgehead atoms. The minimum atomic E-state index is -0.529. The summed E-state index contributed by atoms with van der Waals surface area (Å²) in [6.07, 6.45) is 5.51. The van der Waals surface area contributed by atoms with Gasteiger partial charge < -0.3 is 14.8 Å². The fourth-order valence-electron chi connectivity index (χ4n) is 3.18. The largest absolute Gasteiger partial charge is 0.489 e. The minimum Gasteiger partial charge on any atom is -0.489 e. The number of rotatable bonds is 7. The van der Waals surface area contributed by atoms with Crippen molar-refractivity contribution < 1.29 is 19.1 Å². The molecule has 3 rings (SSSR count). The van der Waals surface area contributed by atoms with Gasteiger partial charge >= 0.3 is 5.97 Å². The Balaban J connectivity index is 1.47. The molecule has 1 saturated carbocycles. The molecule has 1 N–H and O–H groups in total. The predicted octanol–water partition coefficient (Wildman–Crippen LogP) is 3.87. The number of nitrogens with one attached hydrogen (secondary N) is 1. The second-order valence-electron chi connectivity index (χ2n) is 6.78. The highest BCUT2D eigenvalue weighted by Gasteiger charge is 2.17. The van der Waals surface area contributed by atoms with Crippen LogP contribution in [0.25, 0.3) is 0 Å². The van der Waals surface area contributed by atoms with Crippen molar-refractivity contribution in [3.63, 3.8) is 0 Å². The van der Waals surface area contributed by atoms with E-state index >= 15 is 0 Å². The summed E-state index contributed by atoms with van der Waals surface area (Å²) in [6, 6.07) is 16.8. The third kappa shape index (κ3) is 6.13. The molecular formula is C22H25NO4. The maximum absolute atomic E-state index is 12.2. The summed E-state index contributed by atoms with van der Waals surface area (Å²) in [7, 11) is 0. The van der Waals surface area contributed by atoms with E-state index in [0.717, 1.165) is 31.2 Å². The van der Waals surface area contributed by atoms with Crippen LogP contribution in [0.3, 0.4) is 0 Å². The van der Waals surface area contributed by atoms with Gasteiger partial charge in [-0.3, -0.25) is 4.79 Å². The van der Waals surface area contributed by atoms with Gasteiger partial charge in [-0.05, 0) is 36.6 Å². The van der Waals surface area contributed by atoms with E-state index in [2.05, 4.69) is 5.32 Å². The summed E-state index contributed by atoms with van der Waals surface area (Å²) in [4.78, 5) is 24.2. The molecule has 27 heavy (non-hydrogen) atoms. The first-order valence-corrected chi connectivity index (χ1v) is 9.44. The van der Waals surface area contributed by atoms with Crippen molar-refractivity contribution in [1.82, 2.24) is 5.32 Å².